The van der Waals surface area contributed by atoms with Crippen molar-refractivity contribution in [1.29, 1.82) is 0 Å². The third-order valence-electron chi connectivity index (χ3n) is 4.84. The van der Waals surface area contributed by atoms with E-state index < -0.39 is 16.1 Å². The zero-order chi connectivity index (χ0) is 21.0. The third-order valence-corrected chi connectivity index (χ3v) is 5.57. The van der Waals surface area contributed by atoms with E-state index in [-0.39, 0.29) is 24.3 Å². The summed E-state index contributed by atoms with van der Waals surface area (Å²) in [6, 6.07) is 6.90. The number of carboxylic acid groups (broad SMARTS) is 1. The highest BCUT2D eigenvalue weighted by Crippen LogP contribution is 2.33. The number of nitrogens with one attached hydrogen (secondary N) is 1. The maximum Gasteiger partial charge on any atom is 0.412 e. The predicted molar refractivity (Wildman–Crippen MR) is 115 cm³/mol. The average Bonchev–Trinajstić information content (AvgIpc) is 3.08. The van der Waals surface area contributed by atoms with Gasteiger partial charge in [-0.2, -0.15) is 4.98 Å². The van der Waals surface area contributed by atoms with Crippen molar-refractivity contribution in [2.45, 2.75) is 25.8 Å². The minimum Gasteiger partial charge on any atom is -0.465 e. The van der Waals surface area contributed by atoms with E-state index in [2.05, 4.69) is 19.8 Å². The second kappa shape index (κ2) is 10.2. The summed E-state index contributed by atoms with van der Waals surface area (Å²) < 4.78 is 30.1. The standard InChI is InChI=1S/C18H25N5O5S.ClH/c1-13-20-17(28-21-13)15-5-3-4-6-16(15)23(18(24)25)14-7-10-22(11-8-14)12-9-19-29(2,26)27;/h3-6,14,19H,7-12H2,1-2H3,(H,24,25);1H. The van der Waals surface area contributed by atoms with Crippen LogP contribution in [0.2, 0.25) is 0 Å². The third kappa shape index (κ3) is 6.14. The number of hydrogen-bond acceptors (Lipinski definition) is 7. The number of anilines is 1. The number of rotatable bonds is 7. The summed E-state index contributed by atoms with van der Waals surface area (Å²) in [5.41, 5.74) is 1.09. The average molecular weight is 460 g/mol. The van der Waals surface area contributed by atoms with Gasteiger partial charge in [-0.1, -0.05) is 17.3 Å². The fraction of sp³-hybridized carbons (Fsp3) is 0.500. The van der Waals surface area contributed by atoms with Gasteiger partial charge in [0.05, 0.1) is 17.5 Å². The lowest BCUT2D eigenvalue weighted by atomic mass is 10.0. The number of nitrogens with zero attached hydrogens (tertiary/aromatic N) is 4. The summed E-state index contributed by atoms with van der Waals surface area (Å²) in [6.07, 6.45) is 1.38. The first-order chi connectivity index (χ1) is 13.7. The summed E-state index contributed by atoms with van der Waals surface area (Å²) in [5, 5.41) is 13.7. The lowest BCUT2D eigenvalue weighted by Crippen LogP contribution is -2.48. The molecule has 2 aromatic rings. The summed E-state index contributed by atoms with van der Waals surface area (Å²) in [5.74, 6) is 0.765. The van der Waals surface area contributed by atoms with Gasteiger partial charge in [-0.05, 0) is 31.9 Å². The first kappa shape index (κ1) is 24.1. The van der Waals surface area contributed by atoms with Crippen LogP contribution in [0.25, 0.3) is 11.5 Å². The molecule has 0 saturated carbocycles. The molecule has 0 aliphatic carbocycles. The van der Waals surface area contributed by atoms with Crippen molar-refractivity contribution in [1.82, 2.24) is 19.8 Å². The molecule has 166 valence electrons. The Bertz CT molecular complexity index is 959. The number of carbonyl (C=O) groups is 1. The monoisotopic (exact) mass is 459 g/mol. The molecule has 1 aromatic heterocycles. The smallest absolute Gasteiger partial charge is 0.412 e. The molecule has 3 rings (SSSR count). The quantitative estimate of drug-likeness (QED) is 0.642. The first-order valence-corrected chi connectivity index (χ1v) is 11.2. The number of hydrogen-bond donors (Lipinski definition) is 2. The van der Waals surface area contributed by atoms with Crippen LogP contribution >= 0.6 is 12.4 Å². The molecule has 1 aliphatic rings. The Morgan fingerprint density at radius 2 is 2.00 bits per heavy atom. The molecule has 30 heavy (non-hydrogen) atoms. The fourth-order valence-corrected chi connectivity index (χ4v) is 3.98. The van der Waals surface area contributed by atoms with Gasteiger partial charge in [-0.25, -0.2) is 17.9 Å². The van der Waals surface area contributed by atoms with Crippen molar-refractivity contribution >= 4 is 34.2 Å². The predicted octanol–water partition coefficient (Wildman–Crippen LogP) is 1.96. The van der Waals surface area contributed by atoms with Crippen LogP contribution in [0.5, 0.6) is 0 Å². The maximum absolute atomic E-state index is 12.1. The highest BCUT2D eigenvalue weighted by Gasteiger charge is 2.31. The Hall–Kier alpha value is -2.21. The number of benzene rings is 1. The van der Waals surface area contributed by atoms with E-state index in [1.807, 2.05) is 0 Å². The number of para-hydroxylation sites is 1. The number of aromatic nitrogens is 2. The molecular weight excluding hydrogens is 434 g/mol. The van der Waals surface area contributed by atoms with E-state index in [1.165, 1.54) is 4.90 Å². The van der Waals surface area contributed by atoms with Gasteiger partial charge >= 0.3 is 6.09 Å². The molecule has 1 aliphatic heterocycles. The van der Waals surface area contributed by atoms with Gasteiger partial charge in [-0.3, -0.25) is 4.90 Å². The van der Waals surface area contributed by atoms with Gasteiger partial charge < -0.3 is 14.5 Å². The van der Waals surface area contributed by atoms with Crippen LogP contribution in [-0.4, -0.2) is 73.1 Å². The van der Waals surface area contributed by atoms with E-state index in [1.54, 1.807) is 31.2 Å². The molecular formula is C18H26ClN5O5S. The Kier molecular flexibility index (Phi) is 8.18. The molecule has 0 atom stereocenters. The second-order valence-corrected chi connectivity index (χ2v) is 8.89. The van der Waals surface area contributed by atoms with Crippen LogP contribution in [0.1, 0.15) is 18.7 Å². The molecule has 0 unspecified atom stereocenters. The second-order valence-electron chi connectivity index (χ2n) is 7.06. The Labute approximate surface area is 181 Å². The number of sulfonamides is 1. The van der Waals surface area contributed by atoms with Crippen molar-refractivity contribution < 1.29 is 22.8 Å². The van der Waals surface area contributed by atoms with E-state index in [4.69, 9.17) is 4.52 Å². The lowest BCUT2D eigenvalue weighted by molar-refractivity contribution is 0.182. The van der Waals surface area contributed by atoms with Gasteiger partial charge in [-0.15, -0.1) is 12.4 Å². The van der Waals surface area contributed by atoms with Crippen LogP contribution in [0, 0.1) is 6.92 Å². The van der Waals surface area contributed by atoms with Crippen LogP contribution in [0.4, 0.5) is 10.5 Å². The Morgan fingerprint density at radius 1 is 1.33 bits per heavy atom. The van der Waals surface area contributed by atoms with E-state index >= 15 is 0 Å². The molecule has 0 radical (unpaired) electrons. The van der Waals surface area contributed by atoms with Gasteiger partial charge in [0.15, 0.2) is 5.82 Å². The number of aryl methyl sites for hydroxylation is 1. The van der Waals surface area contributed by atoms with Gasteiger partial charge in [0.2, 0.25) is 10.0 Å². The van der Waals surface area contributed by atoms with Crippen molar-refractivity contribution in [3.63, 3.8) is 0 Å². The van der Waals surface area contributed by atoms with Crippen molar-refractivity contribution in [2.75, 3.05) is 37.3 Å². The fourth-order valence-electron chi connectivity index (χ4n) is 3.52. The van der Waals surface area contributed by atoms with Crippen LogP contribution in [0.15, 0.2) is 28.8 Å². The van der Waals surface area contributed by atoms with E-state index in [9.17, 15) is 18.3 Å². The number of halogens is 1. The van der Waals surface area contributed by atoms with Crippen LogP contribution in [0.3, 0.4) is 0 Å². The molecule has 10 nitrogen and oxygen atoms in total. The zero-order valence-corrected chi connectivity index (χ0v) is 18.4. The van der Waals surface area contributed by atoms with Crippen molar-refractivity contribution in [2.24, 2.45) is 0 Å². The molecule has 1 amide bonds. The molecule has 1 saturated heterocycles. The summed E-state index contributed by atoms with van der Waals surface area (Å²) >= 11 is 0. The number of likely N-dealkylation sites (tertiary alicyclic amines) is 1. The SMILES string of the molecule is Cc1noc(-c2ccccc2N(C(=O)O)C2CCN(CCNS(C)(=O)=O)CC2)n1.Cl. The Morgan fingerprint density at radius 3 is 2.57 bits per heavy atom. The lowest BCUT2D eigenvalue weighted by Gasteiger charge is -2.37. The number of amides is 1. The minimum atomic E-state index is -3.21. The van der Waals surface area contributed by atoms with E-state index in [0.717, 1.165) is 6.26 Å². The molecule has 0 spiro atoms. The van der Waals surface area contributed by atoms with Crippen LogP contribution in [-0.2, 0) is 10.0 Å². The Balaban J connectivity index is 0.00000320. The van der Waals surface area contributed by atoms with Crippen LogP contribution < -0.4 is 9.62 Å². The topological polar surface area (TPSA) is 129 Å². The van der Waals surface area contributed by atoms with E-state index in [0.29, 0.717) is 56.1 Å². The normalized spacial score (nSPS) is 15.5. The number of piperidine rings is 1. The van der Waals surface area contributed by atoms with Gasteiger partial charge in [0.25, 0.3) is 5.89 Å². The molecule has 12 heteroatoms. The van der Waals surface area contributed by atoms with Crippen molar-refractivity contribution in [3.8, 4) is 11.5 Å². The van der Waals surface area contributed by atoms with Crippen molar-refractivity contribution in [3.05, 3.63) is 30.1 Å². The molecule has 1 fully saturated rings. The molecule has 0 bridgehead atoms. The largest absolute Gasteiger partial charge is 0.465 e. The molecule has 2 heterocycles. The first-order valence-electron chi connectivity index (χ1n) is 9.33. The summed E-state index contributed by atoms with van der Waals surface area (Å²) in [7, 11) is -3.21. The van der Waals surface area contributed by atoms with Gasteiger partial charge in [0, 0.05) is 32.2 Å². The highest BCUT2D eigenvalue weighted by molar-refractivity contribution is 7.88. The van der Waals surface area contributed by atoms with Gasteiger partial charge in [0.1, 0.15) is 0 Å². The molecule has 1 aromatic carbocycles. The zero-order valence-electron chi connectivity index (χ0n) is 16.8. The minimum absolute atomic E-state index is 0. The summed E-state index contributed by atoms with van der Waals surface area (Å²) in [4.78, 5) is 19.9. The molecule has 2 N–H and O–H groups in total. The highest BCUT2D eigenvalue weighted by atomic mass is 35.5. The summed E-state index contributed by atoms with van der Waals surface area (Å²) in [6.45, 7) is 4.00. The maximum atomic E-state index is 12.1.